The molecule has 2 aromatic rings. The van der Waals surface area contributed by atoms with Crippen molar-refractivity contribution in [1.82, 2.24) is 9.80 Å². The molecule has 280 valence electrons. The van der Waals surface area contributed by atoms with Crippen LogP contribution in [0.2, 0.25) is 0 Å². The average Bonchev–Trinajstić information content (AvgIpc) is 3.55. The quantitative estimate of drug-likeness (QED) is 0.313. The molecule has 2 saturated heterocycles. The van der Waals surface area contributed by atoms with Crippen molar-refractivity contribution in [3.63, 3.8) is 0 Å². The Hall–Kier alpha value is -1.08. The summed E-state index contributed by atoms with van der Waals surface area (Å²) < 4.78 is 51.6. The molecule has 18 heteroatoms. The molecule has 2 amide bonds. The van der Waals surface area contributed by atoms with Crippen LogP contribution in [0.4, 0.5) is 17.6 Å². The Morgan fingerprint density at radius 3 is 1.11 bits per heavy atom. The summed E-state index contributed by atoms with van der Waals surface area (Å²) in [5.41, 5.74) is 12.1. The molecule has 0 spiro atoms. The molecular weight excluding hydrogens is 744 g/mol. The van der Waals surface area contributed by atoms with E-state index in [9.17, 15) is 37.4 Å². The van der Waals surface area contributed by atoms with Gasteiger partial charge in [-0.3, -0.25) is 9.59 Å². The van der Waals surface area contributed by atoms with E-state index in [1.807, 2.05) is 0 Å². The average molecular weight is 798 g/mol. The number of alkyl halides is 2. The molecule has 2 aliphatic rings. The number of aliphatic hydroxyl groups is 2. The number of likely N-dealkylation sites (tertiary alicyclic amines) is 2. The Morgan fingerprint density at radius 1 is 0.638 bits per heavy atom. The number of nitrogens with two attached hydrogens (primary N) is 2. The van der Waals surface area contributed by atoms with Crippen LogP contribution in [0.1, 0.15) is 58.5 Å². The topological polar surface area (TPSA) is 133 Å². The minimum atomic E-state index is -1.23. The lowest BCUT2D eigenvalue weighted by molar-refractivity contribution is -0.135. The smallest absolute Gasteiger partial charge is 0.242 e. The Bertz CT molecular complexity index is 1020. The molecule has 2 aliphatic heterocycles. The van der Waals surface area contributed by atoms with Crippen molar-refractivity contribution in [2.24, 2.45) is 11.5 Å². The lowest BCUT2D eigenvalue weighted by Crippen LogP contribution is -2.46. The van der Waals surface area contributed by atoms with Gasteiger partial charge >= 0.3 is 0 Å². The second-order valence-corrected chi connectivity index (χ2v) is 9.38. The van der Waals surface area contributed by atoms with E-state index in [0.717, 1.165) is 0 Å². The van der Waals surface area contributed by atoms with Gasteiger partial charge in [0, 0.05) is 13.1 Å². The first-order valence-electron chi connectivity index (χ1n) is 12.2. The van der Waals surface area contributed by atoms with Gasteiger partial charge in [-0.15, -0.1) is 24.8 Å². The first-order valence-corrected chi connectivity index (χ1v) is 12.2. The molecule has 0 unspecified atom stereocenters. The summed E-state index contributed by atoms with van der Waals surface area (Å²) in [7, 11) is 0. The number of hydrogen-bond donors (Lipinski definition) is 4. The number of carbonyl (C=O) groups excluding carboxylic acids is 2. The van der Waals surface area contributed by atoms with Crippen LogP contribution in [0.3, 0.4) is 0 Å². The molecule has 2 fully saturated rings. The van der Waals surface area contributed by atoms with E-state index in [2.05, 4.69) is 0 Å². The van der Waals surface area contributed by atoms with Crippen LogP contribution in [-0.2, 0) is 9.59 Å². The summed E-state index contributed by atoms with van der Waals surface area (Å²) >= 11 is 0. The predicted molar refractivity (Wildman–Crippen MR) is 207 cm³/mol. The molecule has 0 radical (unpaired) electrons. The number of hydrogen-bond acceptors (Lipinski definition) is 6. The van der Waals surface area contributed by atoms with Gasteiger partial charge in [0.2, 0.25) is 11.8 Å². The lowest BCUT2D eigenvalue weighted by Gasteiger charge is -2.24. The second-order valence-electron chi connectivity index (χ2n) is 9.38. The van der Waals surface area contributed by atoms with Gasteiger partial charge in [0.1, 0.15) is 48.3 Å². The van der Waals surface area contributed by atoms with Gasteiger partial charge in [-0.25, -0.2) is 17.6 Å². The van der Waals surface area contributed by atoms with Gasteiger partial charge in [-0.05, 0) is 48.2 Å². The zero-order valence-corrected chi connectivity index (χ0v) is 29.0. The highest BCUT2D eigenvalue weighted by atomic mass is 35.5. The van der Waals surface area contributed by atoms with Crippen LogP contribution < -0.4 is 11.5 Å². The number of halogens is 6. The van der Waals surface area contributed by atoms with Crippen LogP contribution in [0.25, 0.3) is 0 Å². The number of rotatable bonds is 6. The van der Waals surface area contributed by atoms with E-state index in [1.165, 1.54) is 58.3 Å². The maximum atomic E-state index is 13.0. The molecule has 8 nitrogen and oxygen atoms in total. The van der Waals surface area contributed by atoms with Crippen molar-refractivity contribution in [2.45, 2.75) is 71.8 Å². The Labute approximate surface area is 317 Å². The normalized spacial score (nSPS) is 18.0. The number of nitrogens with zero attached hydrogens (tertiary/aromatic N) is 2. The zero-order chi connectivity index (χ0) is 28.0. The van der Waals surface area contributed by atoms with Gasteiger partial charge < -0.3 is 31.5 Å². The molecule has 6 atom stereocenters. The summed E-state index contributed by atoms with van der Waals surface area (Å²) in [4.78, 5) is 26.6. The van der Waals surface area contributed by atoms with Gasteiger partial charge in [0.15, 0.2) is 0 Å². The molecule has 47 heavy (non-hydrogen) atoms. The van der Waals surface area contributed by atoms with Crippen molar-refractivity contribution < 1.29 is 37.4 Å². The molecule has 2 heterocycles. The third-order valence-corrected chi connectivity index (χ3v) is 6.56. The Balaban J connectivity index is -0.000000114. The summed E-state index contributed by atoms with van der Waals surface area (Å²) in [6, 6.07) is 7.87. The lowest BCUT2D eigenvalue weighted by atomic mass is 10.0. The van der Waals surface area contributed by atoms with Gasteiger partial charge in [-0.2, -0.15) is 54.0 Å². The summed E-state index contributed by atoms with van der Waals surface area (Å²) in [5.74, 6) is -1.85. The maximum Gasteiger partial charge on any atom is 0.242 e. The molecular formula is C29H54Cl2F4N4O4S4. The third-order valence-electron chi connectivity index (χ3n) is 6.56. The largest absolute Gasteiger partial charge is 0.386 e. The van der Waals surface area contributed by atoms with Crippen LogP contribution in [0, 0.1) is 11.6 Å². The van der Waals surface area contributed by atoms with Gasteiger partial charge in [-0.1, -0.05) is 46.5 Å². The minimum Gasteiger partial charge on any atom is -0.386 e. The number of aliphatic hydroxyl groups excluding tert-OH is 2. The van der Waals surface area contributed by atoms with Crippen molar-refractivity contribution in [3.05, 3.63) is 71.3 Å². The summed E-state index contributed by atoms with van der Waals surface area (Å²) in [6.45, 7) is 0.652. The van der Waals surface area contributed by atoms with E-state index in [0.29, 0.717) is 37.1 Å². The van der Waals surface area contributed by atoms with Crippen LogP contribution in [-0.4, -0.2) is 82.4 Å². The number of benzene rings is 2. The standard InChI is InChI=1S/2C13H16F2N2O2.3CH4.2ClH.4H2S/c2*14-9-3-1-8(2-4-9)12(18)11(16)13(19)17-6-5-10(15)7-17;;;;;;;;;/h2*1-4,10-12,18H,5-7,16H2;3*1H4;2*1H;4*1H2/t10-,11+,12-;10-,11-,12+;;;;;;;;;/m00........./s1. The third kappa shape index (κ3) is 17.4. The first-order chi connectivity index (χ1) is 18.0. The predicted octanol–water partition coefficient (Wildman–Crippen LogP) is 4.72. The van der Waals surface area contributed by atoms with Gasteiger partial charge in [0.05, 0.1) is 13.1 Å². The summed E-state index contributed by atoms with van der Waals surface area (Å²) in [6.07, 6.45) is -3.92. The fraction of sp³-hybridized carbons (Fsp3) is 0.517. The molecule has 6 N–H and O–H groups in total. The van der Waals surface area contributed by atoms with Crippen molar-refractivity contribution in [2.75, 3.05) is 26.2 Å². The molecule has 0 bridgehead atoms. The highest BCUT2D eigenvalue weighted by Crippen LogP contribution is 2.21. The van der Waals surface area contributed by atoms with E-state index in [-0.39, 0.29) is 114 Å². The van der Waals surface area contributed by atoms with Crippen LogP contribution >= 0.6 is 78.8 Å². The highest BCUT2D eigenvalue weighted by Gasteiger charge is 2.34. The SMILES string of the molecule is C.C.C.Cl.Cl.N[C@@H](C(=O)N1CC[C@H](F)C1)[C@@H](O)c1ccc(F)cc1.N[C@H](C(=O)N1CC[C@H](F)C1)[C@H](O)c1ccc(F)cc1.S.S.S.S. The van der Waals surface area contributed by atoms with E-state index < -0.39 is 60.1 Å². The highest BCUT2D eigenvalue weighted by molar-refractivity contribution is 7.59. The second kappa shape index (κ2) is 28.7. The van der Waals surface area contributed by atoms with Gasteiger partial charge in [0.25, 0.3) is 0 Å². The van der Waals surface area contributed by atoms with E-state index >= 15 is 0 Å². The van der Waals surface area contributed by atoms with E-state index in [4.69, 9.17) is 11.5 Å². The van der Waals surface area contributed by atoms with Crippen molar-refractivity contribution in [3.8, 4) is 0 Å². The molecule has 2 aromatic carbocycles. The maximum absolute atomic E-state index is 13.0. The minimum absolute atomic E-state index is 0. The van der Waals surface area contributed by atoms with Crippen molar-refractivity contribution >= 4 is 90.6 Å². The fourth-order valence-electron chi connectivity index (χ4n) is 4.26. The van der Waals surface area contributed by atoms with Crippen molar-refractivity contribution in [1.29, 1.82) is 0 Å². The van der Waals surface area contributed by atoms with Crippen LogP contribution in [0.5, 0.6) is 0 Å². The molecule has 0 aromatic heterocycles. The van der Waals surface area contributed by atoms with E-state index in [1.54, 1.807) is 0 Å². The zero-order valence-electron chi connectivity index (χ0n) is 23.4. The first kappa shape index (κ1) is 61.2. The fourth-order valence-corrected chi connectivity index (χ4v) is 4.26. The molecule has 0 aliphatic carbocycles. The number of carbonyl (C=O) groups is 2. The molecule has 4 rings (SSSR count). The summed E-state index contributed by atoms with van der Waals surface area (Å²) in [5, 5.41) is 20.0. The molecule has 0 saturated carbocycles. The Kier molecular flexibility index (Phi) is 37.4. The monoisotopic (exact) mass is 796 g/mol. The number of amides is 2. The Morgan fingerprint density at radius 2 is 0.894 bits per heavy atom. The van der Waals surface area contributed by atoms with Crippen LogP contribution in [0.15, 0.2) is 48.5 Å².